The smallest absolute Gasteiger partial charge is 0.150 e. The fraction of sp³-hybridized carbons (Fsp3) is 1.00. The van der Waals surface area contributed by atoms with Crippen LogP contribution < -0.4 is 5.32 Å². The highest BCUT2D eigenvalue weighted by molar-refractivity contribution is 7.91. The molecule has 3 rings (SSSR count). The minimum absolute atomic E-state index is 0.0981. The maximum Gasteiger partial charge on any atom is 0.150 e. The van der Waals surface area contributed by atoms with Gasteiger partial charge in [0.1, 0.15) is 9.84 Å². The van der Waals surface area contributed by atoms with Gasteiger partial charge in [0.15, 0.2) is 0 Å². The van der Waals surface area contributed by atoms with Crippen LogP contribution in [0.3, 0.4) is 0 Å². The van der Waals surface area contributed by atoms with Gasteiger partial charge < -0.3 is 5.32 Å². The molecule has 0 bridgehead atoms. The summed E-state index contributed by atoms with van der Waals surface area (Å²) in [6.45, 7) is 2.28. The van der Waals surface area contributed by atoms with Crippen LogP contribution in [0.25, 0.3) is 0 Å². The second-order valence-electron chi connectivity index (χ2n) is 6.99. The largest absolute Gasteiger partial charge is 0.313 e. The predicted octanol–water partition coefficient (Wildman–Crippen LogP) is 1.56. The summed E-state index contributed by atoms with van der Waals surface area (Å²) in [5.41, 5.74) is 0. The molecule has 0 aromatic carbocycles. The monoisotopic (exact) mass is 300 g/mol. The molecule has 20 heavy (non-hydrogen) atoms. The second-order valence-corrected chi connectivity index (χ2v) is 9.32. The minimum Gasteiger partial charge on any atom is -0.313 e. The maximum absolute atomic E-state index is 11.9. The Balaban J connectivity index is 1.64. The molecule has 2 saturated carbocycles. The molecule has 3 atom stereocenters. The predicted molar refractivity (Wildman–Crippen MR) is 81.6 cm³/mol. The van der Waals surface area contributed by atoms with E-state index in [-0.39, 0.29) is 5.25 Å². The summed E-state index contributed by atoms with van der Waals surface area (Å²) in [4.78, 5) is 2.65. The summed E-state index contributed by atoms with van der Waals surface area (Å²) in [5, 5.41) is 3.49. The number of rotatable bonds is 5. The van der Waals surface area contributed by atoms with Gasteiger partial charge in [-0.1, -0.05) is 6.42 Å². The molecular formula is C15H28N2O2S. The molecule has 1 saturated heterocycles. The Morgan fingerprint density at radius 3 is 2.45 bits per heavy atom. The first kappa shape index (κ1) is 14.8. The Kier molecular flexibility index (Phi) is 4.39. The summed E-state index contributed by atoms with van der Waals surface area (Å²) in [6, 6.07) is 1.87. The molecule has 0 amide bonds. The fourth-order valence-electron chi connectivity index (χ4n) is 3.98. The molecule has 2 aliphatic carbocycles. The SMILES string of the molecule is CS(=O)(=O)C1CCCC(N(CC2CCCN2)C2CC2)C1. The van der Waals surface area contributed by atoms with Crippen molar-refractivity contribution in [2.75, 3.05) is 19.3 Å². The molecule has 3 unspecified atom stereocenters. The van der Waals surface area contributed by atoms with Gasteiger partial charge in [-0.2, -0.15) is 0 Å². The van der Waals surface area contributed by atoms with E-state index >= 15 is 0 Å². The quantitative estimate of drug-likeness (QED) is 0.837. The van der Waals surface area contributed by atoms with Crippen LogP contribution in [0.15, 0.2) is 0 Å². The maximum atomic E-state index is 11.9. The Morgan fingerprint density at radius 1 is 1.05 bits per heavy atom. The van der Waals surface area contributed by atoms with E-state index in [0.29, 0.717) is 12.1 Å². The first-order valence-corrected chi connectivity index (χ1v) is 10.2. The third-order valence-electron chi connectivity index (χ3n) is 5.28. The Morgan fingerprint density at radius 2 is 1.85 bits per heavy atom. The highest BCUT2D eigenvalue weighted by Gasteiger charge is 2.39. The first-order chi connectivity index (χ1) is 9.54. The van der Waals surface area contributed by atoms with Crippen molar-refractivity contribution in [1.82, 2.24) is 10.2 Å². The van der Waals surface area contributed by atoms with Gasteiger partial charge in [-0.25, -0.2) is 8.42 Å². The summed E-state index contributed by atoms with van der Waals surface area (Å²) in [5.74, 6) is 0. The number of hydrogen-bond acceptors (Lipinski definition) is 4. The summed E-state index contributed by atoms with van der Waals surface area (Å²) < 4.78 is 23.7. The molecule has 1 N–H and O–H groups in total. The molecule has 3 fully saturated rings. The van der Waals surface area contributed by atoms with Crippen LogP contribution in [0, 0.1) is 0 Å². The lowest BCUT2D eigenvalue weighted by Gasteiger charge is -2.38. The van der Waals surface area contributed by atoms with E-state index in [4.69, 9.17) is 0 Å². The van der Waals surface area contributed by atoms with Gasteiger partial charge in [0.25, 0.3) is 0 Å². The number of sulfone groups is 1. The van der Waals surface area contributed by atoms with Crippen LogP contribution in [0.1, 0.15) is 51.4 Å². The van der Waals surface area contributed by atoms with Gasteiger partial charge in [-0.3, -0.25) is 4.90 Å². The highest BCUT2D eigenvalue weighted by Crippen LogP contribution is 2.35. The third kappa shape index (κ3) is 3.55. The topological polar surface area (TPSA) is 49.4 Å². The van der Waals surface area contributed by atoms with Gasteiger partial charge in [0.05, 0.1) is 5.25 Å². The van der Waals surface area contributed by atoms with Crippen LogP contribution in [0.4, 0.5) is 0 Å². The molecule has 1 heterocycles. The van der Waals surface area contributed by atoms with E-state index in [0.717, 1.165) is 38.4 Å². The fourth-order valence-corrected chi connectivity index (χ4v) is 5.15. The molecule has 3 aliphatic rings. The molecule has 0 radical (unpaired) electrons. The van der Waals surface area contributed by atoms with Gasteiger partial charge in [0, 0.05) is 30.9 Å². The standard InChI is InChI=1S/C15H28N2O2S/c1-20(18,19)15-6-2-5-14(10-15)17(13-7-8-13)11-12-4-3-9-16-12/h12-16H,2-11H2,1H3. The van der Waals surface area contributed by atoms with Gasteiger partial charge >= 0.3 is 0 Å². The van der Waals surface area contributed by atoms with E-state index in [9.17, 15) is 8.42 Å². The van der Waals surface area contributed by atoms with E-state index in [2.05, 4.69) is 10.2 Å². The van der Waals surface area contributed by atoms with Gasteiger partial charge in [0.2, 0.25) is 0 Å². The van der Waals surface area contributed by atoms with Crippen LogP contribution in [0.5, 0.6) is 0 Å². The van der Waals surface area contributed by atoms with E-state index in [1.54, 1.807) is 0 Å². The molecule has 0 spiro atoms. The minimum atomic E-state index is -2.87. The third-order valence-corrected chi connectivity index (χ3v) is 6.92. The van der Waals surface area contributed by atoms with E-state index in [1.165, 1.54) is 38.4 Å². The van der Waals surface area contributed by atoms with E-state index < -0.39 is 9.84 Å². The van der Waals surface area contributed by atoms with Crippen molar-refractivity contribution in [1.29, 1.82) is 0 Å². The highest BCUT2D eigenvalue weighted by atomic mass is 32.2. The zero-order valence-corrected chi connectivity index (χ0v) is 13.4. The zero-order chi connectivity index (χ0) is 14.2. The number of hydrogen-bond donors (Lipinski definition) is 1. The first-order valence-electron chi connectivity index (χ1n) is 8.22. The van der Waals surface area contributed by atoms with Crippen LogP contribution >= 0.6 is 0 Å². The molecule has 1 aliphatic heterocycles. The van der Waals surface area contributed by atoms with Crippen molar-refractivity contribution in [2.24, 2.45) is 0 Å². The van der Waals surface area contributed by atoms with Crippen molar-refractivity contribution in [3.05, 3.63) is 0 Å². The van der Waals surface area contributed by atoms with Gasteiger partial charge in [-0.15, -0.1) is 0 Å². The lowest BCUT2D eigenvalue weighted by Crippen LogP contribution is -2.48. The Hall–Kier alpha value is -0.130. The molecule has 116 valence electrons. The van der Waals surface area contributed by atoms with Crippen molar-refractivity contribution in [3.63, 3.8) is 0 Å². The van der Waals surface area contributed by atoms with E-state index in [1.807, 2.05) is 0 Å². The Labute approximate surface area is 123 Å². The molecule has 0 aromatic rings. The van der Waals surface area contributed by atoms with Gasteiger partial charge in [-0.05, 0) is 51.5 Å². The number of nitrogens with one attached hydrogen (secondary N) is 1. The van der Waals surface area contributed by atoms with Crippen molar-refractivity contribution < 1.29 is 8.42 Å². The summed E-state index contributed by atoms with van der Waals surface area (Å²) in [6.07, 6.45) is 10.6. The molecule has 5 heteroatoms. The van der Waals surface area contributed by atoms with Crippen molar-refractivity contribution in [2.45, 2.75) is 74.7 Å². The van der Waals surface area contributed by atoms with Crippen molar-refractivity contribution >= 4 is 9.84 Å². The van der Waals surface area contributed by atoms with Crippen LogP contribution in [-0.2, 0) is 9.84 Å². The summed E-state index contributed by atoms with van der Waals surface area (Å²) in [7, 11) is -2.87. The zero-order valence-electron chi connectivity index (χ0n) is 12.6. The second kappa shape index (κ2) is 5.93. The Bertz CT molecular complexity index is 427. The molecule has 0 aromatic heterocycles. The molecular weight excluding hydrogens is 272 g/mol. The van der Waals surface area contributed by atoms with Crippen molar-refractivity contribution in [3.8, 4) is 0 Å². The number of nitrogens with zero attached hydrogens (tertiary/aromatic N) is 1. The molecule has 4 nitrogen and oxygen atoms in total. The lowest BCUT2D eigenvalue weighted by atomic mass is 9.93. The summed E-state index contributed by atoms with van der Waals surface area (Å²) >= 11 is 0. The van der Waals surface area contributed by atoms with Crippen LogP contribution in [-0.4, -0.2) is 56.0 Å². The average Bonchev–Trinajstić information content (AvgIpc) is 3.12. The lowest BCUT2D eigenvalue weighted by molar-refractivity contribution is 0.136. The average molecular weight is 300 g/mol. The normalized spacial score (nSPS) is 35.6. The van der Waals surface area contributed by atoms with Crippen LogP contribution in [0.2, 0.25) is 0 Å².